The van der Waals surface area contributed by atoms with Crippen LogP contribution in [0.2, 0.25) is 5.02 Å². The number of carbonyl (C=O) groups is 1. The first-order valence-corrected chi connectivity index (χ1v) is 9.88. The van der Waals surface area contributed by atoms with Gasteiger partial charge in [-0.25, -0.2) is 0 Å². The lowest BCUT2D eigenvalue weighted by Gasteiger charge is -2.21. The third-order valence-corrected chi connectivity index (χ3v) is 6.48. The molecule has 0 aromatic heterocycles. The molecule has 1 aromatic rings. The van der Waals surface area contributed by atoms with Crippen molar-refractivity contribution in [3.05, 3.63) is 29.3 Å². The number of halogens is 1. The summed E-state index contributed by atoms with van der Waals surface area (Å²) in [6, 6.07) is 8.30. The van der Waals surface area contributed by atoms with E-state index in [0.29, 0.717) is 17.5 Å². The van der Waals surface area contributed by atoms with Crippen molar-refractivity contribution in [2.75, 3.05) is 34.5 Å². The van der Waals surface area contributed by atoms with Gasteiger partial charge in [0.1, 0.15) is 0 Å². The number of hydrogen-bond acceptors (Lipinski definition) is 4. The molecule has 21 heavy (non-hydrogen) atoms. The second kappa shape index (κ2) is 7.27. The van der Waals surface area contributed by atoms with Gasteiger partial charge in [-0.05, 0) is 18.2 Å². The lowest BCUT2D eigenvalue weighted by Crippen LogP contribution is -2.42. The van der Waals surface area contributed by atoms with E-state index in [1.54, 1.807) is 0 Å². The molecule has 1 aromatic carbocycles. The second-order valence-corrected chi connectivity index (χ2v) is 8.13. The fourth-order valence-corrected chi connectivity index (χ4v) is 5.37. The first-order chi connectivity index (χ1) is 10.2. The van der Waals surface area contributed by atoms with E-state index in [1.165, 1.54) is 11.5 Å². The van der Waals surface area contributed by atoms with Crippen LogP contribution in [0.3, 0.4) is 0 Å². The third kappa shape index (κ3) is 4.09. The molecule has 0 saturated carbocycles. The fraction of sp³-hybridized carbons (Fsp3) is 0.533. The van der Waals surface area contributed by atoms with E-state index in [4.69, 9.17) is 11.6 Å². The highest BCUT2D eigenvalue weighted by Gasteiger charge is 2.32. The molecule has 2 aliphatic heterocycles. The molecule has 114 valence electrons. The number of nitrogens with one attached hydrogen (secondary N) is 1. The Kier molecular flexibility index (Phi) is 5.38. The Morgan fingerprint density at radius 2 is 1.95 bits per heavy atom. The molecular weight excluding hydrogens is 324 g/mol. The van der Waals surface area contributed by atoms with Gasteiger partial charge in [0.15, 0.2) is 0 Å². The molecular formula is C15H19ClN2OS2. The maximum atomic E-state index is 12.2. The summed E-state index contributed by atoms with van der Waals surface area (Å²) in [5.74, 6) is 4.95. The number of rotatable bonds is 3. The maximum Gasteiger partial charge on any atom is 0.228 e. The standard InChI is InChI=1S/C15H19ClN2OS2/c16-11-2-1-3-14(6-11)18-8-12(7-15(18)19)17-13-9-20-4-5-21-10-13/h1-3,6,12-13,17H,4-5,7-10H2. The van der Waals surface area contributed by atoms with Gasteiger partial charge in [0, 0.05) is 58.8 Å². The molecule has 0 bridgehead atoms. The smallest absolute Gasteiger partial charge is 0.228 e. The first-order valence-electron chi connectivity index (χ1n) is 7.20. The van der Waals surface area contributed by atoms with Crippen LogP contribution in [0.25, 0.3) is 0 Å². The van der Waals surface area contributed by atoms with Crippen molar-refractivity contribution in [3.8, 4) is 0 Å². The Hall–Kier alpha value is -0.360. The van der Waals surface area contributed by atoms with E-state index < -0.39 is 0 Å². The van der Waals surface area contributed by atoms with Crippen molar-refractivity contribution in [1.29, 1.82) is 0 Å². The highest BCUT2D eigenvalue weighted by molar-refractivity contribution is 8.03. The van der Waals surface area contributed by atoms with Gasteiger partial charge in [-0.1, -0.05) is 17.7 Å². The highest BCUT2D eigenvalue weighted by atomic mass is 35.5. The topological polar surface area (TPSA) is 32.3 Å². The SMILES string of the molecule is O=C1CC(NC2CSCCSC2)CN1c1cccc(Cl)c1. The van der Waals surface area contributed by atoms with Gasteiger partial charge in [-0.2, -0.15) is 23.5 Å². The Labute approximate surface area is 139 Å². The number of carbonyl (C=O) groups excluding carboxylic acids is 1. The van der Waals surface area contributed by atoms with Gasteiger partial charge in [-0.15, -0.1) is 0 Å². The number of anilines is 1. The summed E-state index contributed by atoms with van der Waals surface area (Å²) in [6.45, 7) is 0.741. The number of hydrogen-bond donors (Lipinski definition) is 1. The van der Waals surface area contributed by atoms with Gasteiger partial charge in [0.2, 0.25) is 5.91 Å². The van der Waals surface area contributed by atoms with Gasteiger partial charge in [0.25, 0.3) is 0 Å². The lowest BCUT2D eigenvalue weighted by atomic mass is 10.2. The largest absolute Gasteiger partial charge is 0.311 e. The maximum absolute atomic E-state index is 12.2. The van der Waals surface area contributed by atoms with Crippen LogP contribution in [0.4, 0.5) is 5.69 Å². The zero-order valence-electron chi connectivity index (χ0n) is 11.8. The van der Waals surface area contributed by atoms with Crippen LogP contribution in [-0.4, -0.2) is 47.5 Å². The molecule has 1 amide bonds. The fourth-order valence-electron chi connectivity index (χ4n) is 2.76. The Bertz CT molecular complexity index is 506. The molecule has 3 nitrogen and oxygen atoms in total. The number of thioether (sulfide) groups is 2. The van der Waals surface area contributed by atoms with Crippen molar-refractivity contribution < 1.29 is 4.79 Å². The normalized spacial score (nSPS) is 24.3. The summed E-state index contributed by atoms with van der Waals surface area (Å²) >= 11 is 10.0. The zero-order chi connectivity index (χ0) is 14.7. The molecule has 1 N–H and O–H groups in total. The second-order valence-electron chi connectivity index (χ2n) is 5.40. The Morgan fingerprint density at radius 3 is 2.67 bits per heavy atom. The van der Waals surface area contributed by atoms with E-state index in [0.717, 1.165) is 23.7 Å². The van der Waals surface area contributed by atoms with E-state index in [1.807, 2.05) is 52.7 Å². The molecule has 1 unspecified atom stereocenters. The van der Waals surface area contributed by atoms with Crippen molar-refractivity contribution >= 4 is 46.7 Å². The molecule has 2 aliphatic rings. The molecule has 3 rings (SSSR count). The summed E-state index contributed by atoms with van der Waals surface area (Å²) in [7, 11) is 0. The molecule has 2 heterocycles. The first kappa shape index (κ1) is 15.5. The molecule has 2 saturated heterocycles. The van der Waals surface area contributed by atoms with Crippen molar-refractivity contribution in [3.63, 3.8) is 0 Å². The summed E-state index contributed by atoms with van der Waals surface area (Å²) in [5, 5.41) is 4.34. The molecule has 6 heteroatoms. The van der Waals surface area contributed by atoms with E-state index >= 15 is 0 Å². The Morgan fingerprint density at radius 1 is 1.19 bits per heavy atom. The van der Waals surface area contributed by atoms with Crippen LogP contribution in [-0.2, 0) is 4.79 Å². The van der Waals surface area contributed by atoms with Gasteiger partial charge in [-0.3, -0.25) is 4.79 Å². The van der Waals surface area contributed by atoms with Crippen LogP contribution in [0.1, 0.15) is 6.42 Å². The van der Waals surface area contributed by atoms with E-state index in [2.05, 4.69) is 5.32 Å². The predicted molar refractivity (Wildman–Crippen MR) is 93.8 cm³/mol. The molecule has 2 fully saturated rings. The molecule has 0 aliphatic carbocycles. The minimum atomic E-state index is 0.184. The van der Waals surface area contributed by atoms with Crippen LogP contribution in [0.5, 0.6) is 0 Å². The van der Waals surface area contributed by atoms with E-state index in [9.17, 15) is 4.79 Å². The minimum Gasteiger partial charge on any atom is -0.311 e. The van der Waals surface area contributed by atoms with Gasteiger partial charge < -0.3 is 10.2 Å². The van der Waals surface area contributed by atoms with Crippen LogP contribution < -0.4 is 10.2 Å². The van der Waals surface area contributed by atoms with Crippen LogP contribution in [0.15, 0.2) is 24.3 Å². The summed E-state index contributed by atoms with van der Waals surface area (Å²) in [6.07, 6.45) is 0.582. The molecule has 0 radical (unpaired) electrons. The lowest BCUT2D eigenvalue weighted by molar-refractivity contribution is -0.117. The summed E-state index contributed by atoms with van der Waals surface area (Å²) in [5.41, 5.74) is 0.904. The average molecular weight is 343 g/mol. The van der Waals surface area contributed by atoms with Crippen LogP contribution in [0, 0.1) is 0 Å². The van der Waals surface area contributed by atoms with E-state index in [-0.39, 0.29) is 11.9 Å². The van der Waals surface area contributed by atoms with Crippen LogP contribution >= 0.6 is 35.1 Å². The summed E-state index contributed by atoms with van der Waals surface area (Å²) in [4.78, 5) is 14.1. The average Bonchev–Trinajstić information content (AvgIpc) is 2.67. The third-order valence-electron chi connectivity index (χ3n) is 3.73. The Balaban J connectivity index is 1.61. The monoisotopic (exact) mass is 342 g/mol. The molecule has 0 spiro atoms. The predicted octanol–water partition coefficient (Wildman–Crippen LogP) is 2.88. The number of amides is 1. The summed E-state index contributed by atoms with van der Waals surface area (Å²) < 4.78 is 0. The van der Waals surface area contributed by atoms with Crippen molar-refractivity contribution in [1.82, 2.24) is 5.32 Å². The van der Waals surface area contributed by atoms with Crippen molar-refractivity contribution in [2.24, 2.45) is 0 Å². The van der Waals surface area contributed by atoms with Crippen molar-refractivity contribution in [2.45, 2.75) is 18.5 Å². The quantitative estimate of drug-likeness (QED) is 0.915. The highest BCUT2D eigenvalue weighted by Crippen LogP contribution is 2.25. The number of nitrogens with zero attached hydrogens (tertiary/aromatic N) is 1. The van der Waals surface area contributed by atoms with Gasteiger partial charge >= 0.3 is 0 Å². The zero-order valence-corrected chi connectivity index (χ0v) is 14.1. The molecule has 1 atom stereocenters. The number of benzene rings is 1. The van der Waals surface area contributed by atoms with Gasteiger partial charge in [0.05, 0.1) is 0 Å². The minimum absolute atomic E-state index is 0.184.